The smallest absolute Gasteiger partial charge is 0.0237 e. The monoisotopic (exact) mass is 405 g/mol. The van der Waals surface area contributed by atoms with Crippen molar-refractivity contribution in [3.8, 4) is 0 Å². The van der Waals surface area contributed by atoms with E-state index in [0.29, 0.717) is 0 Å². The van der Waals surface area contributed by atoms with Gasteiger partial charge in [-0.05, 0) is 49.8 Å². The third kappa shape index (κ3) is 12.0. The molecule has 0 aliphatic rings. The van der Waals surface area contributed by atoms with Crippen molar-refractivity contribution >= 4 is 0 Å². The Morgan fingerprint density at radius 3 is 1.57 bits per heavy atom. The van der Waals surface area contributed by atoms with Gasteiger partial charge in [0, 0.05) is 13.1 Å². The minimum Gasteiger partial charge on any atom is -0.295 e. The second-order valence-corrected chi connectivity index (χ2v) is 8.56. The molecule has 0 bridgehead atoms. The van der Waals surface area contributed by atoms with E-state index in [1.165, 1.54) is 88.3 Å². The van der Waals surface area contributed by atoms with Crippen LogP contribution in [0.4, 0.5) is 0 Å². The van der Waals surface area contributed by atoms with Crippen molar-refractivity contribution in [3.63, 3.8) is 0 Å². The molecular formula is C29H43N. The highest BCUT2D eigenvalue weighted by molar-refractivity contribution is 5.17. The molecule has 2 aromatic carbocycles. The van der Waals surface area contributed by atoms with Crippen LogP contribution in [0.5, 0.6) is 0 Å². The Morgan fingerprint density at radius 2 is 1.03 bits per heavy atom. The zero-order valence-electron chi connectivity index (χ0n) is 19.3. The highest BCUT2D eigenvalue weighted by atomic mass is 15.1. The molecule has 0 heterocycles. The average Bonchev–Trinajstić information content (AvgIpc) is 2.78. The maximum Gasteiger partial charge on any atom is 0.0237 e. The molecule has 2 rings (SSSR count). The SMILES string of the molecule is CCCCC/C=C/CCCCCCCCN(Cc1ccccc1)Cc1ccccc1. The lowest BCUT2D eigenvalue weighted by Gasteiger charge is -2.22. The van der Waals surface area contributed by atoms with E-state index in [4.69, 9.17) is 0 Å². The van der Waals surface area contributed by atoms with Gasteiger partial charge >= 0.3 is 0 Å². The molecule has 0 atom stereocenters. The largest absolute Gasteiger partial charge is 0.295 e. The van der Waals surface area contributed by atoms with Gasteiger partial charge in [0.15, 0.2) is 0 Å². The highest BCUT2D eigenvalue weighted by Gasteiger charge is 2.07. The predicted octanol–water partition coefficient (Wildman–Crippen LogP) is 8.56. The lowest BCUT2D eigenvalue weighted by Crippen LogP contribution is -2.24. The van der Waals surface area contributed by atoms with Crippen molar-refractivity contribution in [2.24, 2.45) is 0 Å². The summed E-state index contributed by atoms with van der Waals surface area (Å²) >= 11 is 0. The van der Waals surface area contributed by atoms with Gasteiger partial charge in [0.25, 0.3) is 0 Å². The van der Waals surface area contributed by atoms with Crippen molar-refractivity contribution in [3.05, 3.63) is 83.9 Å². The normalized spacial score (nSPS) is 11.5. The van der Waals surface area contributed by atoms with E-state index in [1.54, 1.807) is 0 Å². The third-order valence-electron chi connectivity index (χ3n) is 5.73. The van der Waals surface area contributed by atoms with Gasteiger partial charge in [0.2, 0.25) is 0 Å². The minimum atomic E-state index is 1.04. The second-order valence-electron chi connectivity index (χ2n) is 8.56. The summed E-state index contributed by atoms with van der Waals surface area (Å²) in [5, 5.41) is 0. The predicted molar refractivity (Wildman–Crippen MR) is 133 cm³/mol. The van der Waals surface area contributed by atoms with Crippen molar-refractivity contribution in [1.29, 1.82) is 0 Å². The number of hydrogen-bond acceptors (Lipinski definition) is 1. The zero-order valence-corrected chi connectivity index (χ0v) is 19.3. The summed E-state index contributed by atoms with van der Waals surface area (Å²) in [4.78, 5) is 2.61. The van der Waals surface area contributed by atoms with Crippen LogP contribution >= 0.6 is 0 Å². The van der Waals surface area contributed by atoms with Crippen LogP contribution in [0.25, 0.3) is 0 Å². The van der Waals surface area contributed by atoms with Crippen LogP contribution in [-0.4, -0.2) is 11.4 Å². The molecule has 164 valence electrons. The third-order valence-corrected chi connectivity index (χ3v) is 5.73. The Hall–Kier alpha value is -1.86. The van der Waals surface area contributed by atoms with Gasteiger partial charge in [-0.3, -0.25) is 4.90 Å². The summed E-state index contributed by atoms with van der Waals surface area (Å²) in [6, 6.07) is 21.8. The van der Waals surface area contributed by atoms with E-state index < -0.39 is 0 Å². The van der Waals surface area contributed by atoms with Crippen LogP contribution in [0.1, 0.15) is 88.7 Å². The van der Waals surface area contributed by atoms with Crippen molar-refractivity contribution in [1.82, 2.24) is 4.90 Å². The molecule has 0 saturated carbocycles. The first-order chi connectivity index (χ1) is 14.9. The summed E-state index contributed by atoms with van der Waals surface area (Å²) in [5.41, 5.74) is 2.83. The number of nitrogens with zero attached hydrogens (tertiary/aromatic N) is 1. The molecule has 0 radical (unpaired) electrons. The van der Waals surface area contributed by atoms with E-state index in [1.807, 2.05) is 0 Å². The summed E-state index contributed by atoms with van der Waals surface area (Å²) < 4.78 is 0. The molecule has 0 amide bonds. The average molecular weight is 406 g/mol. The molecule has 1 heteroatoms. The topological polar surface area (TPSA) is 3.24 Å². The van der Waals surface area contributed by atoms with Gasteiger partial charge in [0.05, 0.1) is 0 Å². The Bertz CT molecular complexity index is 605. The van der Waals surface area contributed by atoms with Gasteiger partial charge in [0.1, 0.15) is 0 Å². The Kier molecular flexibility index (Phi) is 13.7. The van der Waals surface area contributed by atoms with Crippen LogP contribution < -0.4 is 0 Å². The summed E-state index contributed by atoms with van der Waals surface area (Å²) in [7, 11) is 0. The maximum absolute atomic E-state index is 2.61. The molecule has 0 aromatic heterocycles. The first kappa shape index (κ1) is 24.4. The number of hydrogen-bond donors (Lipinski definition) is 0. The summed E-state index contributed by atoms with van der Waals surface area (Å²) in [6.07, 6.45) is 19.6. The number of rotatable bonds is 17. The molecule has 0 N–H and O–H groups in total. The molecule has 2 aromatic rings. The molecule has 0 aliphatic heterocycles. The zero-order chi connectivity index (χ0) is 21.1. The van der Waals surface area contributed by atoms with Gasteiger partial charge in [-0.25, -0.2) is 0 Å². The van der Waals surface area contributed by atoms with E-state index in [2.05, 4.69) is 84.6 Å². The van der Waals surface area contributed by atoms with Crippen LogP contribution in [0, 0.1) is 0 Å². The number of unbranched alkanes of at least 4 members (excludes halogenated alkanes) is 9. The molecular weight excluding hydrogens is 362 g/mol. The Morgan fingerprint density at radius 1 is 0.567 bits per heavy atom. The van der Waals surface area contributed by atoms with Gasteiger partial charge < -0.3 is 0 Å². The highest BCUT2D eigenvalue weighted by Crippen LogP contribution is 2.13. The van der Waals surface area contributed by atoms with Gasteiger partial charge in [-0.2, -0.15) is 0 Å². The lowest BCUT2D eigenvalue weighted by atomic mass is 10.1. The molecule has 0 spiro atoms. The summed E-state index contributed by atoms with van der Waals surface area (Å²) in [5.74, 6) is 0. The van der Waals surface area contributed by atoms with Crippen LogP contribution in [0.15, 0.2) is 72.8 Å². The summed E-state index contributed by atoms with van der Waals surface area (Å²) in [6.45, 7) is 5.54. The fourth-order valence-corrected chi connectivity index (χ4v) is 3.95. The van der Waals surface area contributed by atoms with E-state index in [9.17, 15) is 0 Å². The molecule has 0 fully saturated rings. The minimum absolute atomic E-state index is 1.04. The lowest BCUT2D eigenvalue weighted by molar-refractivity contribution is 0.250. The Labute approximate surface area is 186 Å². The first-order valence-corrected chi connectivity index (χ1v) is 12.3. The van der Waals surface area contributed by atoms with Crippen molar-refractivity contribution < 1.29 is 0 Å². The van der Waals surface area contributed by atoms with Gasteiger partial charge in [-0.1, -0.05) is 118 Å². The number of allylic oxidation sites excluding steroid dienone is 2. The van der Waals surface area contributed by atoms with Crippen LogP contribution in [0.3, 0.4) is 0 Å². The molecule has 1 nitrogen and oxygen atoms in total. The van der Waals surface area contributed by atoms with Crippen molar-refractivity contribution in [2.75, 3.05) is 6.54 Å². The first-order valence-electron chi connectivity index (χ1n) is 12.3. The molecule has 0 aliphatic carbocycles. The van der Waals surface area contributed by atoms with Crippen LogP contribution in [-0.2, 0) is 13.1 Å². The fourth-order valence-electron chi connectivity index (χ4n) is 3.95. The molecule has 0 unspecified atom stereocenters. The van der Waals surface area contributed by atoms with E-state index >= 15 is 0 Å². The Balaban J connectivity index is 1.58. The quantitative estimate of drug-likeness (QED) is 0.188. The van der Waals surface area contributed by atoms with Crippen LogP contribution in [0.2, 0.25) is 0 Å². The van der Waals surface area contributed by atoms with Gasteiger partial charge in [-0.15, -0.1) is 0 Å². The van der Waals surface area contributed by atoms with Crippen molar-refractivity contribution in [2.45, 2.75) is 90.6 Å². The molecule has 30 heavy (non-hydrogen) atoms. The van der Waals surface area contributed by atoms with E-state index in [-0.39, 0.29) is 0 Å². The maximum atomic E-state index is 2.61. The van der Waals surface area contributed by atoms with E-state index in [0.717, 1.165) is 13.1 Å². The standard InChI is InChI=1S/C29H43N/c1-2-3-4-5-6-7-8-9-10-11-12-13-20-25-30(26-28-21-16-14-17-22-28)27-29-23-18-15-19-24-29/h6-7,14-19,21-24H,2-5,8-13,20,25-27H2,1H3/b7-6+. The molecule has 0 saturated heterocycles. The number of benzene rings is 2. The second kappa shape index (κ2) is 16.9. The fraction of sp³-hybridized carbons (Fsp3) is 0.517.